The Balaban J connectivity index is 1.12. The number of aryl methyl sites for hydroxylation is 2. The molecule has 2 aromatic carbocycles. The van der Waals surface area contributed by atoms with Gasteiger partial charge in [0, 0.05) is 95.7 Å². The van der Waals surface area contributed by atoms with Crippen LogP contribution in [-0.4, -0.2) is 67.0 Å². The van der Waals surface area contributed by atoms with Crippen molar-refractivity contribution in [3.63, 3.8) is 0 Å². The van der Waals surface area contributed by atoms with Crippen LogP contribution in [0.4, 0.5) is 0 Å². The highest BCUT2D eigenvalue weighted by atomic mass is 35.5. The molecular weight excluding hydrogens is 667 g/mol. The van der Waals surface area contributed by atoms with Crippen LogP contribution in [-0.2, 0) is 13.1 Å². The van der Waals surface area contributed by atoms with Crippen molar-refractivity contribution in [2.45, 2.75) is 52.6 Å². The molecule has 4 aromatic heterocycles. The van der Waals surface area contributed by atoms with Crippen molar-refractivity contribution in [2.75, 3.05) is 39.3 Å². The second kappa shape index (κ2) is 13.6. The first kappa shape index (κ1) is 33.1. The molecule has 0 aliphatic carbocycles. The molecule has 0 radical (unpaired) electrons. The van der Waals surface area contributed by atoms with Gasteiger partial charge in [0.1, 0.15) is 11.0 Å². The van der Waals surface area contributed by atoms with Crippen LogP contribution >= 0.6 is 23.2 Å². The smallest absolute Gasteiger partial charge is 0.275 e. The molecular formula is C40H42Cl2N6O2. The monoisotopic (exact) mass is 708 g/mol. The Morgan fingerprint density at radius 3 is 1.32 bits per heavy atom. The summed E-state index contributed by atoms with van der Waals surface area (Å²) in [5.74, 6) is 0. The van der Waals surface area contributed by atoms with Crippen molar-refractivity contribution in [1.29, 1.82) is 0 Å². The highest BCUT2D eigenvalue weighted by Gasteiger charge is 2.20. The molecule has 0 N–H and O–H groups in total. The molecule has 0 saturated carbocycles. The van der Waals surface area contributed by atoms with Gasteiger partial charge in [-0.3, -0.25) is 9.59 Å². The van der Waals surface area contributed by atoms with Crippen LogP contribution < -0.4 is 11.1 Å². The topological polar surface area (TPSA) is 59.3 Å². The summed E-state index contributed by atoms with van der Waals surface area (Å²) in [5, 5.41) is 1.12. The third-order valence-electron chi connectivity index (χ3n) is 10.7. The maximum Gasteiger partial charge on any atom is 0.275 e. The third-order valence-corrected chi connectivity index (χ3v) is 11.5. The normalized spacial score (nSPS) is 15.7. The average Bonchev–Trinajstić information content (AvgIpc) is 3.93. The molecule has 6 aromatic rings. The van der Waals surface area contributed by atoms with E-state index in [1.165, 1.54) is 25.7 Å². The molecule has 8 rings (SSSR count). The molecule has 50 heavy (non-hydrogen) atoms. The van der Waals surface area contributed by atoms with E-state index in [4.69, 9.17) is 23.2 Å². The van der Waals surface area contributed by atoms with Gasteiger partial charge >= 0.3 is 0 Å². The number of hydrogen-bond acceptors (Lipinski definition) is 4. The number of benzene rings is 2. The minimum absolute atomic E-state index is 0.00645. The minimum Gasteiger partial charge on any atom is -0.317 e. The van der Waals surface area contributed by atoms with Crippen LogP contribution in [0.5, 0.6) is 0 Å². The minimum atomic E-state index is 0.00645. The van der Waals surface area contributed by atoms with E-state index in [1.807, 2.05) is 105 Å². The average molecular weight is 710 g/mol. The van der Waals surface area contributed by atoms with Crippen molar-refractivity contribution < 1.29 is 0 Å². The van der Waals surface area contributed by atoms with Gasteiger partial charge in [-0.2, -0.15) is 0 Å². The second-order valence-corrected chi connectivity index (χ2v) is 14.7. The predicted octanol–water partition coefficient (Wildman–Crippen LogP) is 7.63. The molecule has 0 bridgehead atoms. The molecule has 2 aliphatic rings. The largest absolute Gasteiger partial charge is 0.317 e. The fourth-order valence-electron chi connectivity index (χ4n) is 7.93. The van der Waals surface area contributed by atoms with E-state index in [9.17, 15) is 9.59 Å². The fourth-order valence-corrected chi connectivity index (χ4v) is 8.60. The summed E-state index contributed by atoms with van der Waals surface area (Å²) in [4.78, 5) is 32.2. The van der Waals surface area contributed by atoms with Crippen molar-refractivity contribution in [2.24, 2.45) is 0 Å². The lowest BCUT2D eigenvalue weighted by Crippen LogP contribution is -2.31. The molecule has 0 atom stereocenters. The Hall–Kier alpha value is -4.08. The molecule has 8 nitrogen and oxygen atoms in total. The number of aromatic nitrogens is 4. The standard InChI is InChI=1S/C40H42Cl2N6O2/c1-27-23-45-25-29(21-35(45)39(49)47(27)19-17-43-13-3-4-14-43)31-9-7-11-33(37(31)41)34-12-8-10-32(38(34)42)30-22-36-40(50)48(28(2)24-46(36)26-30)20-18-44-15-5-6-16-44/h7-12,21-26H,3-6,13-20H2,1-2H3. The second-order valence-electron chi connectivity index (χ2n) is 13.9. The zero-order chi connectivity index (χ0) is 34.5. The zero-order valence-corrected chi connectivity index (χ0v) is 30.2. The van der Waals surface area contributed by atoms with Crippen molar-refractivity contribution >= 4 is 34.2 Å². The number of likely N-dealkylation sites (tertiary alicyclic amines) is 2. The number of fused-ring (bicyclic) bond motifs is 2. The number of rotatable bonds is 9. The summed E-state index contributed by atoms with van der Waals surface area (Å²) in [6.45, 7) is 11.5. The Morgan fingerprint density at radius 1 is 0.540 bits per heavy atom. The highest BCUT2D eigenvalue weighted by molar-refractivity contribution is 6.39. The van der Waals surface area contributed by atoms with Gasteiger partial charge in [0.05, 0.1) is 10.0 Å². The van der Waals surface area contributed by atoms with Crippen LogP contribution in [0.2, 0.25) is 10.0 Å². The van der Waals surface area contributed by atoms with Crippen LogP contribution in [0.25, 0.3) is 44.4 Å². The van der Waals surface area contributed by atoms with Crippen LogP contribution in [0.1, 0.15) is 37.1 Å². The fraction of sp³-hybridized carbons (Fsp3) is 0.350. The van der Waals surface area contributed by atoms with E-state index in [1.54, 1.807) is 0 Å². The number of halogens is 2. The van der Waals surface area contributed by atoms with Gasteiger partial charge in [-0.05, 0) is 77.8 Å². The Kier molecular flexibility index (Phi) is 8.98. The van der Waals surface area contributed by atoms with Gasteiger partial charge in [-0.25, -0.2) is 0 Å². The lowest BCUT2D eigenvalue weighted by Gasteiger charge is -2.17. The molecule has 6 heterocycles. The lowest BCUT2D eigenvalue weighted by atomic mass is 9.97. The number of hydrogen-bond donors (Lipinski definition) is 0. The third kappa shape index (κ3) is 6.02. The first-order valence-electron chi connectivity index (χ1n) is 17.7. The lowest BCUT2D eigenvalue weighted by molar-refractivity contribution is 0.319. The summed E-state index contributed by atoms with van der Waals surface area (Å²) in [7, 11) is 0. The van der Waals surface area contributed by atoms with Crippen LogP contribution in [0, 0.1) is 13.8 Å². The maximum absolute atomic E-state index is 13.6. The summed E-state index contributed by atoms with van der Waals surface area (Å²) in [6.07, 6.45) is 12.9. The van der Waals surface area contributed by atoms with Crippen molar-refractivity contribution in [1.82, 2.24) is 27.7 Å². The summed E-state index contributed by atoms with van der Waals surface area (Å²) in [6, 6.07) is 15.7. The predicted molar refractivity (Wildman–Crippen MR) is 204 cm³/mol. The van der Waals surface area contributed by atoms with Crippen LogP contribution in [0.3, 0.4) is 0 Å². The van der Waals surface area contributed by atoms with E-state index >= 15 is 0 Å². The van der Waals surface area contributed by atoms with Gasteiger partial charge in [0.15, 0.2) is 0 Å². The maximum atomic E-state index is 13.6. The Bertz CT molecular complexity index is 2190. The van der Waals surface area contributed by atoms with Gasteiger partial charge in [-0.15, -0.1) is 0 Å². The van der Waals surface area contributed by atoms with Gasteiger partial charge < -0.3 is 27.7 Å². The first-order chi connectivity index (χ1) is 24.3. The molecule has 2 aliphatic heterocycles. The summed E-state index contributed by atoms with van der Waals surface area (Å²) >= 11 is 14.4. The molecule has 0 spiro atoms. The van der Waals surface area contributed by atoms with Crippen molar-refractivity contribution in [3.05, 3.63) is 115 Å². The summed E-state index contributed by atoms with van der Waals surface area (Å²) < 4.78 is 7.60. The molecule has 0 amide bonds. The Labute approximate surface area is 301 Å². The van der Waals surface area contributed by atoms with Gasteiger partial charge in [0.2, 0.25) is 0 Å². The highest BCUT2D eigenvalue weighted by Crippen LogP contribution is 2.42. The Morgan fingerprint density at radius 2 is 0.920 bits per heavy atom. The SMILES string of the molecule is Cc1cn2cc(-c3cccc(-c4cccc(-c5cc6c(=O)n(CCN7CCCC7)c(C)cn6c5)c4Cl)c3Cl)cc2c(=O)n1CCN1CCCC1. The summed E-state index contributed by atoms with van der Waals surface area (Å²) in [5.41, 5.74) is 8.12. The van der Waals surface area contributed by atoms with Gasteiger partial charge in [0.25, 0.3) is 11.1 Å². The van der Waals surface area contributed by atoms with E-state index in [0.29, 0.717) is 34.2 Å². The van der Waals surface area contributed by atoms with Crippen LogP contribution in [0.15, 0.2) is 82.9 Å². The van der Waals surface area contributed by atoms with E-state index in [-0.39, 0.29) is 11.1 Å². The molecule has 2 fully saturated rings. The quantitative estimate of drug-likeness (QED) is 0.155. The first-order valence-corrected chi connectivity index (χ1v) is 18.5. The zero-order valence-electron chi connectivity index (χ0n) is 28.7. The molecule has 2 saturated heterocycles. The van der Waals surface area contributed by atoms with Crippen molar-refractivity contribution in [3.8, 4) is 33.4 Å². The molecule has 10 heteroatoms. The van der Waals surface area contributed by atoms with Gasteiger partial charge in [-0.1, -0.05) is 59.6 Å². The van der Waals surface area contributed by atoms with E-state index < -0.39 is 0 Å². The number of nitrogens with zero attached hydrogens (tertiary/aromatic N) is 6. The van der Waals surface area contributed by atoms with E-state index in [0.717, 1.165) is 84.0 Å². The molecule has 0 unspecified atom stereocenters. The van der Waals surface area contributed by atoms with E-state index in [2.05, 4.69) is 9.80 Å². The molecule has 258 valence electrons.